The van der Waals surface area contributed by atoms with Gasteiger partial charge in [0, 0.05) is 17.5 Å². The summed E-state index contributed by atoms with van der Waals surface area (Å²) >= 11 is 0. The number of nitro groups is 1. The molecule has 196 valence electrons. The van der Waals surface area contributed by atoms with Crippen molar-refractivity contribution in [1.82, 2.24) is 4.57 Å². The molecule has 0 saturated heterocycles. The van der Waals surface area contributed by atoms with Crippen LogP contribution in [0.3, 0.4) is 0 Å². The van der Waals surface area contributed by atoms with Crippen molar-refractivity contribution in [3.8, 4) is 0 Å². The summed E-state index contributed by atoms with van der Waals surface area (Å²) in [4.78, 5) is 50.3. The van der Waals surface area contributed by atoms with Gasteiger partial charge in [0.15, 0.2) is 0 Å². The van der Waals surface area contributed by atoms with Gasteiger partial charge in [-0.2, -0.15) is 0 Å². The second-order valence-corrected chi connectivity index (χ2v) is 11.3. The number of carbonyl (C=O) groups is 2. The number of amides is 1. The van der Waals surface area contributed by atoms with Crippen LogP contribution in [-0.2, 0) is 16.1 Å². The second-order valence-electron chi connectivity index (χ2n) is 11.3. The standard InChI is InChI=1S/C29H29N3O6/c1-38-27(34)23-12-22-24(30-28(35)29-13-18-9-19(14-29)11-20(10-18)15-29)3-2-4-25(22)31(26(23)33)16-17-5-7-21(8-6-17)32(36)37/h2-8,12,18-20H,9-11,13-16H2,1H3,(H,30,35). The van der Waals surface area contributed by atoms with Crippen LogP contribution in [0.15, 0.2) is 53.3 Å². The van der Waals surface area contributed by atoms with Crippen molar-refractivity contribution in [2.75, 3.05) is 12.4 Å². The Morgan fingerprint density at radius 3 is 2.26 bits per heavy atom. The molecule has 3 aromatic rings. The predicted octanol–water partition coefficient (Wildman–Crippen LogP) is 4.90. The summed E-state index contributed by atoms with van der Waals surface area (Å²) in [7, 11) is 1.22. The van der Waals surface area contributed by atoms with Crippen LogP contribution in [0.2, 0.25) is 0 Å². The Kier molecular flexibility index (Phi) is 5.81. The molecule has 1 amide bonds. The highest BCUT2D eigenvalue weighted by Gasteiger charge is 2.54. The fourth-order valence-corrected chi connectivity index (χ4v) is 7.47. The zero-order valence-electron chi connectivity index (χ0n) is 21.1. The molecule has 4 aliphatic rings. The topological polar surface area (TPSA) is 121 Å². The molecule has 38 heavy (non-hydrogen) atoms. The Hall–Kier alpha value is -4.01. The predicted molar refractivity (Wildman–Crippen MR) is 141 cm³/mol. The van der Waals surface area contributed by atoms with Gasteiger partial charge < -0.3 is 14.6 Å². The molecule has 0 atom stereocenters. The number of nitrogens with zero attached hydrogens (tertiary/aromatic N) is 2. The average Bonchev–Trinajstić information content (AvgIpc) is 2.89. The Labute approximate surface area is 218 Å². The van der Waals surface area contributed by atoms with Gasteiger partial charge in [0.05, 0.1) is 35.2 Å². The number of anilines is 1. The van der Waals surface area contributed by atoms with Crippen molar-refractivity contribution in [3.05, 3.63) is 80.1 Å². The number of hydrogen-bond donors (Lipinski definition) is 1. The van der Waals surface area contributed by atoms with E-state index in [4.69, 9.17) is 4.74 Å². The first-order valence-electron chi connectivity index (χ1n) is 13.1. The third-order valence-corrected chi connectivity index (χ3v) is 8.80. The number of nitrogens with one attached hydrogen (secondary N) is 1. The Balaban J connectivity index is 1.40. The number of esters is 1. The SMILES string of the molecule is COC(=O)c1cc2c(NC(=O)C34CC5CC(CC(C5)C3)C4)cccc2n(Cc2ccc([N+](=O)[O-])cc2)c1=O. The van der Waals surface area contributed by atoms with Gasteiger partial charge >= 0.3 is 5.97 Å². The average molecular weight is 516 g/mol. The molecule has 0 aliphatic heterocycles. The van der Waals surface area contributed by atoms with Crippen molar-refractivity contribution in [3.63, 3.8) is 0 Å². The lowest BCUT2D eigenvalue weighted by Crippen LogP contribution is -2.51. The summed E-state index contributed by atoms with van der Waals surface area (Å²) < 4.78 is 6.33. The quantitative estimate of drug-likeness (QED) is 0.283. The highest BCUT2D eigenvalue weighted by atomic mass is 16.6. The molecule has 4 aliphatic carbocycles. The van der Waals surface area contributed by atoms with Gasteiger partial charge in [-0.25, -0.2) is 4.79 Å². The van der Waals surface area contributed by atoms with Crippen molar-refractivity contribution >= 4 is 34.2 Å². The molecule has 9 heteroatoms. The fourth-order valence-electron chi connectivity index (χ4n) is 7.47. The van der Waals surface area contributed by atoms with Crippen LogP contribution in [0.1, 0.15) is 54.4 Å². The van der Waals surface area contributed by atoms with E-state index in [1.165, 1.54) is 49.1 Å². The van der Waals surface area contributed by atoms with Gasteiger partial charge in [0.2, 0.25) is 5.91 Å². The van der Waals surface area contributed by atoms with Crippen LogP contribution in [0.5, 0.6) is 0 Å². The number of hydrogen-bond acceptors (Lipinski definition) is 6. The molecule has 4 bridgehead atoms. The zero-order valence-corrected chi connectivity index (χ0v) is 21.1. The number of rotatable bonds is 6. The molecule has 7 rings (SSSR count). The fraction of sp³-hybridized carbons (Fsp3) is 0.414. The van der Waals surface area contributed by atoms with E-state index in [9.17, 15) is 24.5 Å². The lowest BCUT2D eigenvalue weighted by atomic mass is 9.49. The number of benzene rings is 2. The molecular formula is C29H29N3O6. The van der Waals surface area contributed by atoms with Crippen LogP contribution >= 0.6 is 0 Å². The monoisotopic (exact) mass is 515 g/mol. The van der Waals surface area contributed by atoms with Crippen molar-refractivity contribution in [2.24, 2.45) is 23.2 Å². The van der Waals surface area contributed by atoms with E-state index in [0.717, 1.165) is 19.3 Å². The number of non-ortho nitro benzene ring substituents is 1. The number of methoxy groups -OCH3 is 1. The number of ether oxygens (including phenoxy) is 1. The van der Waals surface area contributed by atoms with Crippen LogP contribution < -0.4 is 10.9 Å². The Morgan fingerprint density at radius 2 is 1.68 bits per heavy atom. The van der Waals surface area contributed by atoms with Crippen LogP contribution in [-0.4, -0.2) is 28.5 Å². The molecule has 4 fully saturated rings. The maximum Gasteiger partial charge on any atom is 0.343 e. The van der Waals surface area contributed by atoms with E-state index in [2.05, 4.69) is 5.32 Å². The maximum absolute atomic E-state index is 13.8. The minimum Gasteiger partial charge on any atom is -0.465 e. The summed E-state index contributed by atoms with van der Waals surface area (Å²) in [6.07, 6.45) is 6.48. The van der Waals surface area contributed by atoms with Gasteiger partial charge in [0.1, 0.15) is 5.56 Å². The third-order valence-electron chi connectivity index (χ3n) is 8.80. The molecule has 1 N–H and O–H groups in total. The lowest BCUT2D eigenvalue weighted by molar-refractivity contribution is -0.384. The lowest BCUT2D eigenvalue weighted by Gasteiger charge is -2.55. The first-order chi connectivity index (χ1) is 18.3. The Morgan fingerprint density at radius 1 is 1.05 bits per heavy atom. The molecule has 1 aromatic heterocycles. The van der Waals surface area contributed by atoms with Crippen molar-refractivity contribution in [2.45, 2.75) is 45.1 Å². The highest BCUT2D eigenvalue weighted by molar-refractivity contribution is 6.05. The first-order valence-corrected chi connectivity index (χ1v) is 13.1. The number of aromatic nitrogens is 1. The summed E-state index contributed by atoms with van der Waals surface area (Å²) in [5.74, 6) is 1.13. The number of nitro benzene ring substituents is 1. The van der Waals surface area contributed by atoms with Crippen LogP contribution in [0, 0.1) is 33.3 Å². The van der Waals surface area contributed by atoms with E-state index in [1.807, 2.05) is 0 Å². The summed E-state index contributed by atoms with van der Waals surface area (Å²) in [6, 6.07) is 12.8. The van der Waals surface area contributed by atoms with E-state index >= 15 is 0 Å². The summed E-state index contributed by atoms with van der Waals surface area (Å²) in [6.45, 7) is 0.0878. The molecule has 0 radical (unpaired) electrons. The maximum atomic E-state index is 13.8. The largest absolute Gasteiger partial charge is 0.465 e. The van der Waals surface area contributed by atoms with Gasteiger partial charge in [-0.15, -0.1) is 0 Å². The van der Waals surface area contributed by atoms with Gasteiger partial charge in [-0.1, -0.05) is 18.2 Å². The summed E-state index contributed by atoms with van der Waals surface area (Å²) in [5.41, 5.74) is 0.670. The van der Waals surface area contributed by atoms with Crippen LogP contribution in [0.4, 0.5) is 11.4 Å². The van der Waals surface area contributed by atoms with Gasteiger partial charge in [0.25, 0.3) is 11.2 Å². The second kappa shape index (κ2) is 9.08. The minimum atomic E-state index is -0.767. The van der Waals surface area contributed by atoms with E-state index in [1.54, 1.807) is 30.3 Å². The molecule has 1 heterocycles. The molecule has 4 saturated carbocycles. The molecule has 9 nitrogen and oxygen atoms in total. The summed E-state index contributed by atoms with van der Waals surface area (Å²) in [5, 5.41) is 14.8. The minimum absolute atomic E-state index is 0.0248. The van der Waals surface area contributed by atoms with E-state index in [-0.39, 0.29) is 29.1 Å². The molecule has 2 aromatic carbocycles. The van der Waals surface area contributed by atoms with Gasteiger partial charge in [-0.3, -0.25) is 19.7 Å². The smallest absolute Gasteiger partial charge is 0.343 e. The normalized spacial score (nSPS) is 25.3. The first kappa shape index (κ1) is 24.3. The highest BCUT2D eigenvalue weighted by Crippen LogP contribution is 2.60. The Bertz CT molecular complexity index is 1490. The van der Waals surface area contributed by atoms with Crippen LogP contribution in [0.25, 0.3) is 10.9 Å². The molecule has 0 spiro atoms. The van der Waals surface area contributed by atoms with E-state index < -0.39 is 16.5 Å². The van der Waals surface area contributed by atoms with Crippen molar-refractivity contribution < 1.29 is 19.2 Å². The number of fused-ring (bicyclic) bond motifs is 1. The number of pyridine rings is 1. The molecule has 0 unspecified atom stereocenters. The zero-order chi connectivity index (χ0) is 26.6. The number of carbonyl (C=O) groups excluding carboxylic acids is 2. The van der Waals surface area contributed by atoms with E-state index in [0.29, 0.717) is 39.9 Å². The van der Waals surface area contributed by atoms with Gasteiger partial charge in [-0.05, 0) is 80.0 Å². The molecular weight excluding hydrogens is 486 g/mol. The van der Waals surface area contributed by atoms with Crippen molar-refractivity contribution in [1.29, 1.82) is 0 Å². The third kappa shape index (κ3) is 4.06.